The van der Waals surface area contributed by atoms with Crippen LogP contribution < -0.4 is 20.1 Å². The highest BCUT2D eigenvalue weighted by molar-refractivity contribution is 7.21. The fraction of sp³-hybridized carbons (Fsp3) is 0.156. The third-order valence-corrected chi connectivity index (χ3v) is 8.07. The number of thiazole rings is 1. The number of hydrogen-bond donors (Lipinski definition) is 2. The molecule has 6 aromatic rings. The summed E-state index contributed by atoms with van der Waals surface area (Å²) in [5.41, 5.74) is 3.75. The van der Waals surface area contributed by atoms with Gasteiger partial charge in [-0.15, -0.1) is 11.3 Å². The van der Waals surface area contributed by atoms with Crippen LogP contribution in [-0.4, -0.2) is 56.7 Å². The lowest BCUT2D eigenvalue weighted by Crippen LogP contribution is -2.24. The lowest BCUT2D eigenvalue weighted by molar-refractivity contribution is 0.0969. The number of ether oxygens (including phenoxy) is 3. The summed E-state index contributed by atoms with van der Waals surface area (Å²) in [6, 6.07) is 10.2. The summed E-state index contributed by atoms with van der Waals surface area (Å²) in [4.78, 5) is 46.2. The number of nitrogens with zero attached hydrogens (tertiary/aromatic N) is 5. The predicted octanol–water partition coefficient (Wildman–Crippen LogP) is 7.21. The molecule has 48 heavy (non-hydrogen) atoms. The molecule has 12 nitrogen and oxygen atoms in total. The highest BCUT2D eigenvalue weighted by Gasteiger charge is 2.18. The molecule has 0 aliphatic rings. The number of rotatable bonds is 9. The molecule has 244 valence electrons. The van der Waals surface area contributed by atoms with E-state index >= 15 is 4.39 Å². The molecule has 16 heteroatoms. The van der Waals surface area contributed by atoms with E-state index in [1.807, 2.05) is 19.1 Å². The zero-order valence-electron chi connectivity index (χ0n) is 25.4. The summed E-state index contributed by atoms with van der Waals surface area (Å²) in [6.45, 7) is 3.35. The van der Waals surface area contributed by atoms with E-state index in [-0.39, 0.29) is 34.6 Å². The van der Waals surface area contributed by atoms with Crippen molar-refractivity contribution in [3.05, 3.63) is 88.8 Å². The van der Waals surface area contributed by atoms with Gasteiger partial charge in [-0.05, 0) is 49.7 Å². The van der Waals surface area contributed by atoms with Gasteiger partial charge in [-0.2, -0.15) is 0 Å². The van der Waals surface area contributed by atoms with Crippen molar-refractivity contribution in [2.24, 2.45) is 0 Å². The normalized spacial score (nSPS) is 11.7. The summed E-state index contributed by atoms with van der Waals surface area (Å²) in [7, 11) is 1.52. The van der Waals surface area contributed by atoms with Crippen LogP contribution in [-0.2, 0) is 4.74 Å². The highest BCUT2D eigenvalue weighted by Crippen LogP contribution is 2.37. The Kier molecular flexibility index (Phi) is 9.23. The molecule has 0 saturated carbocycles. The van der Waals surface area contributed by atoms with Crippen molar-refractivity contribution in [1.82, 2.24) is 24.9 Å². The number of aryl methyl sites for hydroxylation is 1. The maximum atomic E-state index is 15.0. The molecular weight excluding hydrogens is 668 g/mol. The van der Waals surface area contributed by atoms with Crippen molar-refractivity contribution in [1.29, 1.82) is 0 Å². The Hall–Kier alpha value is -5.54. The fourth-order valence-electron chi connectivity index (χ4n) is 4.51. The molecule has 3 aromatic carbocycles. The number of hydrogen-bond acceptors (Lipinski definition) is 11. The average Bonchev–Trinajstić information content (AvgIpc) is 3.47. The largest absolute Gasteiger partial charge is 0.484 e. The number of anilines is 2. The molecule has 0 bridgehead atoms. The van der Waals surface area contributed by atoms with Gasteiger partial charge in [0, 0.05) is 23.3 Å². The first kappa shape index (κ1) is 32.4. The standard InChI is InChI=1S/C32H24ClF2N7O5S/c1-15-6-19(28-24(7-15)40-27(45-3)13-36-28)30-41-23-9-22(35)25(10-26(23)48-30)47-16(2)14-46-32(44)39-18-11-37-31(38-12-18)42-29(43)17-4-5-21(34)20(33)8-17/h4-13,16H,14H2,1-3H3,(H,39,44)(H,37,38,42,43)/t16-/m0/s1. The van der Waals surface area contributed by atoms with Crippen molar-refractivity contribution in [2.45, 2.75) is 20.0 Å². The van der Waals surface area contributed by atoms with E-state index in [9.17, 15) is 14.0 Å². The fourth-order valence-corrected chi connectivity index (χ4v) is 5.68. The monoisotopic (exact) mass is 691 g/mol. The Labute approximate surface area is 280 Å². The number of fused-ring (bicyclic) bond motifs is 2. The van der Waals surface area contributed by atoms with Gasteiger partial charge in [-0.25, -0.2) is 38.5 Å². The van der Waals surface area contributed by atoms with E-state index in [2.05, 4.69) is 35.6 Å². The van der Waals surface area contributed by atoms with Gasteiger partial charge in [0.15, 0.2) is 11.6 Å². The smallest absolute Gasteiger partial charge is 0.411 e. The van der Waals surface area contributed by atoms with Gasteiger partial charge in [-0.1, -0.05) is 11.6 Å². The molecule has 0 radical (unpaired) electrons. The average molecular weight is 692 g/mol. The van der Waals surface area contributed by atoms with Crippen LogP contribution in [0.5, 0.6) is 11.6 Å². The van der Waals surface area contributed by atoms with Gasteiger partial charge < -0.3 is 14.2 Å². The van der Waals surface area contributed by atoms with Gasteiger partial charge in [0.2, 0.25) is 11.8 Å². The number of amides is 2. The van der Waals surface area contributed by atoms with Crippen LogP contribution in [0, 0.1) is 18.6 Å². The molecule has 2 N–H and O–H groups in total. The third-order valence-electron chi connectivity index (χ3n) is 6.73. The van der Waals surface area contributed by atoms with Crippen molar-refractivity contribution < 1.29 is 32.6 Å². The summed E-state index contributed by atoms with van der Waals surface area (Å²) in [5.74, 6) is -1.58. The van der Waals surface area contributed by atoms with E-state index in [0.717, 1.165) is 17.2 Å². The van der Waals surface area contributed by atoms with Gasteiger partial charge in [0.1, 0.15) is 23.5 Å². The minimum atomic E-state index is -0.832. The molecule has 3 heterocycles. The van der Waals surface area contributed by atoms with E-state index in [0.29, 0.717) is 32.1 Å². The van der Waals surface area contributed by atoms with Gasteiger partial charge >= 0.3 is 6.09 Å². The SMILES string of the molecule is COc1cnc2c(-c3nc4cc(F)c(O[C@@H](C)COC(=O)Nc5cnc(NC(=O)c6ccc(F)c(Cl)c6)nc5)cc4s3)cc(C)cc2n1. The number of benzene rings is 3. The highest BCUT2D eigenvalue weighted by atomic mass is 35.5. The second-order valence-electron chi connectivity index (χ2n) is 10.4. The van der Waals surface area contributed by atoms with Crippen LogP contribution in [0.3, 0.4) is 0 Å². The zero-order chi connectivity index (χ0) is 33.9. The number of halogens is 3. The van der Waals surface area contributed by atoms with Gasteiger partial charge in [-0.3, -0.25) is 15.4 Å². The number of carbonyl (C=O) groups excluding carboxylic acids is 2. The minimum absolute atomic E-state index is 0.0261. The Bertz CT molecular complexity index is 2190. The zero-order valence-corrected chi connectivity index (χ0v) is 26.9. The van der Waals surface area contributed by atoms with Gasteiger partial charge in [0.05, 0.1) is 57.7 Å². The summed E-state index contributed by atoms with van der Waals surface area (Å²) < 4.78 is 45.3. The molecule has 0 unspecified atom stereocenters. The third kappa shape index (κ3) is 7.21. The lowest BCUT2D eigenvalue weighted by atomic mass is 10.1. The van der Waals surface area contributed by atoms with Crippen LogP contribution in [0.25, 0.3) is 31.8 Å². The predicted molar refractivity (Wildman–Crippen MR) is 176 cm³/mol. The molecule has 6 rings (SSSR count). The second kappa shape index (κ2) is 13.7. The van der Waals surface area contributed by atoms with E-state index in [1.165, 1.54) is 55.2 Å². The molecule has 0 fully saturated rings. The molecule has 1 atom stereocenters. The topological polar surface area (TPSA) is 150 Å². The van der Waals surface area contributed by atoms with Crippen LogP contribution in [0.15, 0.2) is 61.1 Å². The summed E-state index contributed by atoms with van der Waals surface area (Å²) >= 11 is 7.07. The van der Waals surface area contributed by atoms with E-state index in [4.69, 9.17) is 25.8 Å². The molecule has 0 saturated heterocycles. The van der Waals surface area contributed by atoms with Crippen LogP contribution in [0.4, 0.5) is 25.2 Å². The van der Waals surface area contributed by atoms with Crippen LogP contribution >= 0.6 is 22.9 Å². The first-order chi connectivity index (χ1) is 23.1. The van der Waals surface area contributed by atoms with Gasteiger partial charge in [0.25, 0.3) is 5.91 Å². The van der Waals surface area contributed by atoms with Crippen LogP contribution in [0.2, 0.25) is 5.02 Å². The van der Waals surface area contributed by atoms with Crippen molar-refractivity contribution in [3.8, 4) is 22.2 Å². The quantitative estimate of drug-likeness (QED) is 0.159. The first-order valence-corrected chi connectivity index (χ1v) is 15.4. The minimum Gasteiger partial charge on any atom is -0.484 e. The van der Waals surface area contributed by atoms with E-state index < -0.39 is 29.7 Å². The maximum Gasteiger partial charge on any atom is 0.411 e. The van der Waals surface area contributed by atoms with Crippen molar-refractivity contribution in [2.75, 3.05) is 24.4 Å². The molecular formula is C32H24ClF2N7O5S. The Morgan fingerprint density at radius 1 is 0.958 bits per heavy atom. The van der Waals surface area contributed by atoms with Crippen LogP contribution in [0.1, 0.15) is 22.8 Å². The maximum absolute atomic E-state index is 15.0. The molecule has 3 aromatic heterocycles. The number of carbonyl (C=O) groups is 2. The first-order valence-electron chi connectivity index (χ1n) is 14.2. The second-order valence-corrected chi connectivity index (χ2v) is 11.8. The summed E-state index contributed by atoms with van der Waals surface area (Å²) in [6.07, 6.45) is 2.48. The Balaban J connectivity index is 1.06. The number of nitrogens with one attached hydrogen (secondary N) is 2. The van der Waals surface area contributed by atoms with Crippen molar-refractivity contribution >= 4 is 67.8 Å². The van der Waals surface area contributed by atoms with E-state index in [1.54, 1.807) is 13.0 Å². The lowest BCUT2D eigenvalue weighted by Gasteiger charge is -2.15. The molecule has 2 amide bonds. The number of methoxy groups -OCH3 is 1. The van der Waals surface area contributed by atoms with Crippen molar-refractivity contribution in [3.63, 3.8) is 0 Å². The molecule has 0 aliphatic heterocycles. The molecule has 0 aliphatic carbocycles. The Morgan fingerprint density at radius 3 is 2.50 bits per heavy atom. The summed E-state index contributed by atoms with van der Waals surface area (Å²) in [5, 5.41) is 5.33. The number of aromatic nitrogens is 5. The Morgan fingerprint density at radius 2 is 1.75 bits per heavy atom. The molecule has 0 spiro atoms.